The molecular weight excluding hydrogens is 364 g/mol. The number of hydrazone groups is 1. The van der Waals surface area contributed by atoms with Gasteiger partial charge in [0.2, 0.25) is 5.91 Å². The Balaban J connectivity index is 0.000000223. The van der Waals surface area contributed by atoms with Gasteiger partial charge in [0.05, 0.1) is 17.8 Å². The van der Waals surface area contributed by atoms with Gasteiger partial charge in [-0.05, 0) is 30.3 Å². The zero-order valence-electron chi connectivity index (χ0n) is 13.4. The molecule has 0 spiro atoms. The van der Waals surface area contributed by atoms with Crippen molar-refractivity contribution in [3.63, 3.8) is 0 Å². The molecule has 1 aromatic heterocycles. The maximum Gasteiger partial charge on any atom is 0.433 e. The topological polar surface area (TPSA) is 176 Å². The fourth-order valence-corrected chi connectivity index (χ4v) is 1.76. The van der Waals surface area contributed by atoms with Crippen LogP contribution in [0.4, 0.5) is 10.7 Å². The summed E-state index contributed by atoms with van der Waals surface area (Å²) in [4.78, 5) is 41.7. The molecule has 0 aliphatic carbocycles. The third kappa shape index (κ3) is 5.38. The highest BCUT2D eigenvalue weighted by Crippen LogP contribution is 2.14. The van der Waals surface area contributed by atoms with E-state index >= 15 is 0 Å². The van der Waals surface area contributed by atoms with E-state index in [0.717, 1.165) is 17.3 Å². The summed E-state index contributed by atoms with van der Waals surface area (Å²) in [5.74, 6) is -1.68. The SMILES string of the molecule is O=C(O)c1ccc(O)cc1.O=C1CN(/N=C/c2ccc([N+](=O)[O-])o2)C(=O)N1. The fourth-order valence-electron chi connectivity index (χ4n) is 1.76. The number of rotatable bonds is 4. The first kappa shape index (κ1) is 19.1. The first-order valence-corrected chi connectivity index (χ1v) is 7.18. The molecule has 0 saturated carbocycles. The highest BCUT2D eigenvalue weighted by atomic mass is 16.6. The number of urea groups is 1. The van der Waals surface area contributed by atoms with Crippen molar-refractivity contribution < 1.29 is 33.9 Å². The lowest BCUT2D eigenvalue weighted by atomic mass is 10.2. The summed E-state index contributed by atoms with van der Waals surface area (Å²) >= 11 is 0. The van der Waals surface area contributed by atoms with Crippen molar-refractivity contribution in [1.82, 2.24) is 10.3 Å². The number of hydrogen-bond acceptors (Lipinski definition) is 8. The van der Waals surface area contributed by atoms with Gasteiger partial charge in [-0.15, -0.1) is 0 Å². The number of imide groups is 1. The number of hydrogen-bond donors (Lipinski definition) is 3. The molecule has 140 valence electrons. The lowest BCUT2D eigenvalue weighted by molar-refractivity contribution is -0.402. The molecule has 1 aliphatic heterocycles. The Morgan fingerprint density at radius 2 is 1.93 bits per heavy atom. The molecule has 1 aromatic carbocycles. The molecule has 3 rings (SSSR count). The number of amides is 3. The summed E-state index contributed by atoms with van der Waals surface area (Å²) in [6, 6.07) is 7.21. The molecule has 0 radical (unpaired) electrons. The molecule has 1 fully saturated rings. The van der Waals surface area contributed by atoms with E-state index in [1.54, 1.807) is 0 Å². The van der Waals surface area contributed by atoms with Gasteiger partial charge in [0.25, 0.3) is 0 Å². The van der Waals surface area contributed by atoms with Crippen LogP contribution in [0.3, 0.4) is 0 Å². The second kappa shape index (κ2) is 8.24. The Hall–Kier alpha value is -4.22. The van der Waals surface area contributed by atoms with Crippen LogP contribution in [0.25, 0.3) is 0 Å². The van der Waals surface area contributed by atoms with E-state index in [1.165, 1.54) is 30.3 Å². The van der Waals surface area contributed by atoms with E-state index in [-0.39, 0.29) is 23.6 Å². The monoisotopic (exact) mass is 376 g/mol. The molecule has 12 heteroatoms. The minimum atomic E-state index is -0.986. The fraction of sp³-hybridized carbons (Fsp3) is 0.0667. The lowest BCUT2D eigenvalue weighted by Gasteiger charge is -2.02. The van der Waals surface area contributed by atoms with E-state index < -0.39 is 28.7 Å². The maximum absolute atomic E-state index is 11.1. The van der Waals surface area contributed by atoms with Gasteiger partial charge in [-0.3, -0.25) is 20.2 Å². The van der Waals surface area contributed by atoms with Gasteiger partial charge in [0.15, 0.2) is 5.76 Å². The summed E-state index contributed by atoms with van der Waals surface area (Å²) in [6.07, 6.45) is 1.12. The second-order valence-corrected chi connectivity index (χ2v) is 4.94. The summed E-state index contributed by atoms with van der Waals surface area (Å²) in [7, 11) is 0. The van der Waals surface area contributed by atoms with Gasteiger partial charge in [-0.25, -0.2) is 14.6 Å². The molecule has 27 heavy (non-hydrogen) atoms. The average molecular weight is 376 g/mol. The van der Waals surface area contributed by atoms with Crippen molar-refractivity contribution in [2.75, 3.05) is 6.54 Å². The number of aromatic carboxylic acids is 1. The number of carboxylic acid groups (broad SMARTS) is 1. The number of phenols is 1. The minimum Gasteiger partial charge on any atom is -0.508 e. The van der Waals surface area contributed by atoms with Gasteiger partial charge in [0, 0.05) is 0 Å². The summed E-state index contributed by atoms with van der Waals surface area (Å²) in [5.41, 5.74) is 0.179. The van der Waals surface area contributed by atoms with E-state index in [2.05, 4.69) is 5.10 Å². The number of furan rings is 1. The van der Waals surface area contributed by atoms with Crippen LogP contribution in [0.15, 0.2) is 45.9 Å². The van der Waals surface area contributed by atoms with Gasteiger partial charge >= 0.3 is 17.9 Å². The number of carbonyl (C=O) groups is 3. The van der Waals surface area contributed by atoms with Crippen molar-refractivity contribution >= 4 is 30.0 Å². The molecule has 2 aromatic rings. The smallest absolute Gasteiger partial charge is 0.433 e. The van der Waals surface area contributed by atoms with Crippen LogP contribution in [0.2, 0.25) is 0 Å². The van der Waals surface area contributed by atoms with E-state index in [9.17, 15) is 24.5 Å². The van der Waals surface area contributed by atoms with Crippen LogP contribution < -0.4 is 5.32 Å². The molecule has 0 unspecified atom stereocenters. The largest absolute Gasteiger partial charge is 0.508 e. The summed E-state index contributed by atoms with van der Waals surface area (Å²) in [6.45, 7) is -0.182. The van der Waals surface area contributed by atoms with E-state index in [4.69, 9.17) is 14.6 Å². The Labute approximate surface area is 150 Å². The summed E-state index contributed by atoms with van der Waals surface area (Å²) in [5, 5.41) is 34.0. The quantitative estimate of drug-likeness (QED) is 0.308. The Kier molecular flexibility index (Phi) is 5.83. The predicted molar refractivity (Wildman–Crippen MR) is 88.3 cm³/mol. The number of carboxylic acids is 1. The zero-order valence-corrected chi connectivity index (χ0v) is 13.4. The normalized spacial score (nSPS) is 13.3. The predicted octanol–water partition coefficient (Wildman–Crippen LogP) is 1.16. The van der Waals surface area contributed by atoms with E-state index in [1.807, 2.05) is 5.32 Å². The third-order valence-corrected chi connectivity index (χ3v) is 3.01. The number of aromatic hydroxyl groups is 1. The van der Waals surface area contributed by atoms with Crippen LogP contribution in [-0.2, 0) is 4.79 Å². The van der Waals surface area contributed by atoms with Crippen molar-refractivity contribution in [3.8, 4) is 5.75 Å². The van der Waals surface area contributed by atoms with Gasteiger partial charge in [-0.1, -0.05) is 0 Å². The number of nitrogens with zero attached hydrogens (tertiary/aromatic N) is 3. The third-order valence-electron chi connectivity index (χ3n) is 3.01. The second-order valence-electron chi connectivity index (χ2n) is 4.94. The number of nitrogens with one attached hydrogen (secondary N) is 1. The Morgan fingerprint density at radius 3 is 2.41 bits per heavy atom. The molecule has 1 aliphatic rings. The number of nitro groups is 1. The van der Waals surface area contributed by atoms with E-state index in [0.29, 0.717) is 0 Å². The standard InChI is InChI=1S/C8H6N4O5.C7H6O3/c13-6-4-11(8(14)10-6)9-3-5-1-2-7(17-5)12(15)16;8-6-3-1-5(2-4-6)7(9)10/h1-3H,4H2,(H,10,13,14);1-4,8H,(H,9,10)/b9-3+;. The van der Waals surface area contributed by atoms with Crippen molar-refractivity contribution in [2.24, 2.45) is 5.10 Å². The van der Waals surface area contributed by atoms with Crippen molar-refractivity contribution in [1.29, 1.82) is 0 Å². The first-order valence-electron chi connectivity index (χ1n) is 7.18. The molecule has 2 heterocycles. The minimum absolute atomic E-state index is 0.0741. The molecule has 12 nitrogen and oxygen atoms in total. The molecular formula is C15H12N4O8. The highest BCUT2D eigenvalue weighted by molar-refractivity contribution is 6.02. The summed E-state index contributed by atoms with van der Waals surface area (Å²) < 4.78 is 4.78. The highest BCUT2D eigenvalue weighted by Gasteiger charge is 2.26. The molecule has 3 amide bonds. The van der Waals surface area contributed by atoms with Crippen LogP contribution in [-0.4, -0.2) is 50.8 Å². The van der Waals surface area contributed by atoms with Crippen molar-refractivity contribution in [2.45, 2.75) is 0 Å². The van der Waals surface area contributed by atoms with Gasteiger partial charge in [0.1, 0.15) is 17.2 Å². The molecule has 0 atom stereocenters. The van der Waals surface area contributed by atoms with Crippen LogP contribution in [0.5, 0.6) is 5.75 Å². The maximum atomic E-state index is 11.1. The molecule has 0 bridgehead atoms. The van der Waals surface area contributed by atoms with Crippen LogP contribution in [0, 0.1) is 10.1 Å². The zero-order chi connectivity index (χ0) is 20.0. The van der Waals surface area contributed by atoms with Gasteiger partial charge < -0.3 is 14.6 Å². The first-order chi connectivity index (χ1) is 12.8. The number of phenolic OH excluding ortho intramolecular Hbond substituents is 1. The Bertz CT molecular complexity index is 903. The van der Waals surface area contributed by atoms with Gasteiger partial charge in [-0.2, -0.15) is 5.10 Å². The Morgan fingerprint density at radius 1 is 1.26 bits per heavy atom. The van der Waals surface area contributed by atoms with Crippen LogP contribution in [0.1, 0.15) is 16.1 Å². The molecule has 1 saturated heterocycles. The number of benzene rings is 1. The lowest BCUT2D eigenvalue weighted by Crippen LogP contribution is -2.24. The van der Waals surface area contributed by atoms with Crippen molar-refractivity contribution in [3.05, 3.63) is 57.8 Å². The van der Waals surface area contributed by atoms with Crippen LogP contribution >= 0.6 is 0 Å². The average Bonchev–Trinajstić information content (AvgIpc) is 3.20. The number of carbonyl (C=O) groups excluding carboxylic acids is 2. The molecule has 3 N–H and O–H groups in total.